The molecule has 2 aliphatic rings. The van der Waals surface area contributed by atoms with Gasteiger partial charge in [-0.05, 0) is 48.3 Å². The quantitative estimate of drug-likeness (QED) is 0.872. The molecular weight excluding hydrogens is 363 g/mol. The van der Waals surface area contributed by atoms with Gasteiger partial charge in [0.1, 0.15) is 5.75 Å². The van der Waals surface area contributed by atoms with Crippen molar-refractivity contribution in [1.82, 2.24) is 14.7 Å². The molecule has 1 spiro atoms. The fraction of sp³-hybridized carbons (Fsp3) is 0.444. The number of halogens is 3. The van der Waals surface area contributed by atoms with E-state index in [1.807, 2.05) is 6.20 Å². The molecule has 1 aromatic carbocycles. The lowest BCUT2D eigenvalue weighted by Crippen LogP contribution is -2.38. The largest absolute Gasteiger partial charge is 0.573 e. The van der Waals surface area contributed by atoms with Gasteiger partial charge in [0.15, 0.2) is 0 Å². The van der Waals surface area contributed by atoms with E-state index >= 15 is 0 Å². The number of likely N-dealkylation sites (tertiary alicyclic amines) is 1. The molecule has 1 amide bonds. The molecule has 1 aliphatic heterocycles. The zero-order chi connectivity index (χ0) is 19.2. The van der Waals surface area contributed by atoms with Gasteiger partial charge in [0, 0.05) is 25.4 Å². The first-order chi connectivity index (χ1) is 12.8. The summed E-state index contributed by atoms with van der Waals surface area (Å²) in [5.74, 6) is 0.0257. The van der Waals surface area contributed by atoms with Gasteiger partial charge in [-0.15, -0.1) is 13.2 Å². The lowest BCUT2D eigenvalue weighted by atomic mass is 9.89. The van der Waals surface area contributed by atoms with Crippen molar-refractivity contribution in [2.24, 2.45) is 5.41 Å². The first-order valence-electron chi connectivity index (χ1n) is 8.64. The van der Waals surface area contributed by atoms with Gasteiger partial charge < -0.3 is 14.7 Å². The Kier molecular flexibility index (Phi) is 4.05. The van der Waals surface area contributed by atoms with Gasteiger partial charge in [0.05, 0.1) is 11.9 Å². The van der Waals surface area contributed by atoms with E-state index in [2.05, 4.69) is 9.84 Å². The van der Waals surface area contributed by atoms with Crippen molar-refractivity contribution >= 4 is 6.09 Å². The van der Waals surface area contributed by atoms with Gasteiger partial charge in [-0.2, -0.15) is 5.10 Å². The average molecular weight is 381 g/mol. The van der Waals surface area contributed by atoms with E-state index in [0.29, 0.717) is 24.7 Å². The fourth-order valence-electron chi connectivity index (χ4n) is 4.00. The highest BCUT2D eigenvalue weighted by atomic mass is 19.4. The van der Waals surface area contributed by atoms with Gasteiger partial charge in [-0.3, -0.25) is 0 Å². The second kappa shape index (κ2) is 6.17. The van der Waals surface area contributed by atoms with E-state index in [-0.39, 0.29) is 11.2 Å². The lowest BCUT2D eigenvalue weighted by Gasteiger charge is -2.30. The van der Waals surface area contributed by atoms with Crippen LogP contribution in [0.4, 0.5) is 18.0 Å². The van der Waals surface area contributed by atoms with Crippen molar-refractivity contribution in [2.45, 2.75) is 31.5 Å². The maximum absolute atomic E-state index is 12.4. The molecule has 2 aromatic rings. The minimum absolute atomic E-state index is 0.126. The number of alkyl halides is 3. The third kappa shape index (κ3) is 3.58. The second-order valence-corrected chi connectivity index (χ2v) is 7.15. The van der Waals surface area contributed by atoms with Crippen molar-refractivity contribution in [3.05, 3.63) is 42.2 Å². The summed E-state index contributed by atoms with van der Waals surface area (Å²) < 4.78 is 42.7. The minimum atomic E-state index is -4.74. The van der Waals surface area contributed by atoms with Crippen molar-refractivity contribution in [1.29, 1.82) is 0 Å². The number of aromatic nitrogens is 2. The molecule has 0 bridgehead atoms. The number of hydrogen-bond donors (Lipinski definition) is 1. The summed E-state index contributed by atoms with van der Waals surface area (Å²) in [6, 6.07) is 5.68. The Bertz CT molecular complexity index is 857. The first kappa shape index (κ1) is 17.7. The topological polar surface area (TPSA) is 67.6 Å². The molecule has 1 atom stereocenters. The molecule has 0 radical (unpaired) electrons. The van der Waals surface area contributed by atoms with Crippen molar-refractivity contribution in [2.75, 3.05) is 13.1 Å². The number of hydrogen-bond acceptors (Lipinski definition) is 3. The molecule has 2 heterocycles. The smallest absolute Gasteiger partial charge is 0.465 e. The summed E-state index contributed by atoms with van der Waals surface area (Å²) in [6.07, 6.45) is 0.586. The van der Waals surface area contributed by atoms with Gasteiger partial charge in [0.2, 0.25) is 0 Å². The number of benzene rings is 1. The van der Waals surface area contributed by atoms with E-state index in [0.717, 1.165) is 24.8 Å². The molecule has 6 nitrogen and oxygen atoms in total. The van der Waals surface area contributed by atoms with Crippen LogP contribution in [0.2, 0.25) is 0 Å². The van der Waals surface area contributed by atoms with Crippen molar-refractivity contribution in [3.63, 3.8) is 0 Å². The number of amides is 1. The van der Waals surface area contributed by atoms with E-state index in [1.165, 1.54) is 27.8 Å². The zero-order valence-electron chi connectivity index (χ0n) is 14.3. The van der Waals surface area contributed by atoms with E-state index in [9.17, 15) is 18.0 Å². The van der Waals surface area contributed by atoms with Crippen LogP contribution in [-0.4, -0.2) is 45.3 Å². The second-order valence-electron chi connectivity index (χ2n) is 7.15. The predicted octanol–water partition coefficient (Wildman–Crippen LogP) is 4.02. The maximum atomic E-state index is 12.4. The Labute approximate surface area is 153 Å². The number of ether oxygens (including phenoxy) is 1. The fourth-order valence-corrected chi connectivity index (χ4v) is 4.00. The zero-order valence-corrected chi connectivity index (χ0v) is 14.3. The lowest BCUT2D eigenvalue weighted by molar-refractivity contribution is -0.274. The molecule has 1 N–H and O–H groups in total. The molecule has 1 saturated carbocycles. The number of carboxylic acid groups (broad SMARTS) is 1. The number of carbonyl (C=O) groups is 1. The van der Waals surface area contributed by atoms with Crippen LogP contribution in [0.15, 0.2) is 36.7 Å². The van der Waals surface area contributed by atoms with Crippen LogP contribution in [0, 0.1) is 5.41 Å². The molecule has 144 valence electrons. The van der Waals surface area contributed by atoms with E-state index in [4.69, 9.17) is 5.11 Å². The first-order valence-corrected chi connectivity index (χ1v) is 8.64. The van der Waals surface area contributed by atoms with Crippen LogP contribution in [0.3, 0.4) is 0 Å². The SMILES string of the molecule is O=C(O)N1CCC2(CC1)C[C@H]2c1cnn(-c2cccc(OC(F)(F)F)c2)c1. The monoisotopic (exact) mass is 381 g/mol. The molecule has 4 rings (SSSR count). The molecule has 1 aliphatic carbocycles. The summed E-state index contributed by atoms with van der Waals surface area (Å²) in [4.78, 5) is 12.5. The summed E-state index contributed by atoms with van der Waals surface area (Å²) in [5, 5.41) is 13.3. The van der Waals surface area contributed by atoms with Crippen LogP contribution < -0.4 is 4.74 Å². The molecule has 9 heteroatoms. The van der Waals surface area contributed by atoms with Crippen LogP contribution in [-0.2, 0) is 0 Å². The van der Waals surface area contributed by atoms with Crippen LogP contribution in [0.25, 0.3) is 5.69 Å². The average Bonchev–Trinajstić information content (AvgIpc) is 3.07. The number of nitrogens with zero attached hydrogens (tertiary/aromatic N) is 3. The van der Waals surface area contributed by atoms with E-state index < -0.39 is 12.5 Å². The number of rotatable bonds is 3. The van der Waals surface area contributed by atoms with Gasteiger partial charge >= 0.3 is 12.5 Å². The van der Waals surface area contributed by atoms with Gasteiger partial charge in [-0.1, -0.05) is 6.07 Å². The molecular formula is C18H18F3N3O3. The highest BCUT2D eigenvalue weighted by Crippen LogP contribution is 2.64. The summed E-state index contributed by atoms with van der Waals surface area (Å²) in [5.41, 5.74) is 1.64. The minimum Gasteiger partial charge on any atom is -0.465 e. The third-order valence-electron chi connectivity index (χ3n) is 5.54. The van der Waals surface area contributed by atoms with Gasteiger partial charge in [-0.25, -0.2) is 9.48 Å². The Hall–Kier alpha value is -2.71. The van der Waals surface area contributed by atoms with Gasteiger partial charge in [0.25, 0.3) is 0 Å². The molecule has 27 heavy (non-hydrogen) atoms. The standard InChI is InChI=1S/C18H18F3N3O3/c19-18(20,21)27-14-3-1-2-13(8-14)24-11-12(10-22-24)15-9-17(15)4-6-23(7-5-17)16(25)26/h1-3,8,10-11,15H,4-7,9H2,(H,25,26)/t15-/m0/s1. The van der Waals surface area contributed by atoms with Crippen molar-refractivity contribution in [3.8, 4) is 11.4 Å². The third-order valence-corrected chi connectivity index (χ3v) is 5.54. The molecule has 1 aromatic heterocycles. The summed E-state index contributed by atoms with van der Waals surface area (Å²) in [7, 11) is 0. The van der Waals surface area contributed by atoms with Crippen LogP contribution in [0.5, 0.6) is 5.75 Å². The predicted molar refractivity (Wildman–Crippen MR) is 88.9 cm³/mol. The highest BCUT2D eigenvalue weighted by Gasteiger charge is 2.56. The molecule has 2 fully saturated rings. The number of piperidine rings is 1. The summed E-state index contributed by atoms with van der Waals surface area (Å²) >= 11 is 0. The van der Waals surface area contributed by atoms with E-state index in [1.54, 1.807) is 12.3 Å². The van der Waals surface area contributed by atoms with Crippen molar-refractivity contribution < 1.29 is 27.8 Å². The van der Waals surface area contributed by atoms with Crippen LogP contribution >= 0.6 is 0 Å². The molecule has 1 saturated heterocycles. The summed E-state index contributed by atoms with van der Waals surface area (Å²) in [6.45, 7) is 1.08. The Morgan fingerprint density at radius 1 is 1.30 bits per heavy atom. The maximum Gasteiger partial charge on any atom is 0.573 e. The Morgan fingerprint density at radius 3 is 2.70 bits per heavy atom. The Morgan fingerprint density at radius 2 is 2.04 bits per heavy atom. The Balaban J connectivity index is 1.46. The van der Waals surface area contributed by atoms with Crippen LogP contribution in [0.1, 0.15) is 30.7 Å². The molecule has 0 unspecified atom stereocenters. The highest BCUT2D eigenvalue weighted by molar-refractivity contribution is 5.65. The normalized spacial score (nSPS) is 21.3.